The van der Waals surface area contributed by atoms with Crippen LogP contribution in [0.4, 0.5) is 0 Å². The summed E-state index contributed by atoms with van der Waals surface area (Å²) in [6.07, 6.45) is 14.3. The Labute approximate surface area is 87.6 Å². The first-order valence-corrected chi connectivity index (χ1v) is 5.98. The van der Waals surface area contributed by atoms with Crippen molar-refractivity contribution in [3.05, 3.63) is 12.2 Å². The van der Waals surface area contributed by atoms with Gasteiger partial charge in [0.15, 0.2) is 0 Å². The van der Waals surface area contributed by atoms with E-state index in [1.165, 1.54) is 32.1 Å². The van der Waals surface area contributed by atoms with Crippen LogP contribution in [0.1, 0.15) is 51.9 Å². The molecule has 0 spiro atoms. The normalized spacial score (nSPS) is 21.2. The maximum atomic E-state index is 10.4. The monoisotopic (exact) mass is 194 g/mol. The molecule has 1 fully saturated rings. The molecule has 80 valence electrons. The first-order chi connectivity index (χ1) is 6.86. The van der Waals surface area contributed by atoms with Gasteiger partial charge in [0, 0.05) is 6.42 Å². The Hall–Kier alpha value is -0.590. The highest BCUT2D eigenvalue weighted by molar-refractivity contribution is 5.50. The first kappa shape index (κ1) is 11.5. The van der Waals surface area contributed by atoms with E-state index < -0.39 is 0 Å². The van der Waals surface area contributed by atoms with Gasteiger partial charge in [0.25, 0.3) is 0 Å². The zero-order valence-corrected chi connectivity index (χ0v) is 9.24. The summed E-state index contributed by atoms with van der Waals surface area (Å²) in [4.78, 5) is 10.4. The molecule has 0 saturated heterocycles. The lowest BCUT2D eigenvalue weighted by Gasteiger charge is -2.18. The SMILES string of the molecule is CCC(/C=C/C1CCCCC1)CC=O. The molecule has 14 heavy (non-hydrogen) atoms. The zero-order valence-electron chi connectivity index (χ0n) is 9.24. The highest BCUT2D eigenvalue weighted by Gasteiger charge is 2.10. The quantitative estimate of drug-likeness (QED) is 0.481. The lowest BCUT2D eigenvalue weighted by atomic mass is 9.88. The fraction of sp³-hybridized carbons (Fsp3) is 0.769. The van der Waals surface area contributed by atoms with Crippen LogP contribution in [0.25, 0.3) is 0 Å². The van der Waals surface area contributed by atoms with Crippen LogP contribution in [-0.2, 0) is 4.79 Å². The summed E-state index contributed by atoms with van der Waals surface area (Å²) < 4.78 is 0. The predicted molar refractivity (Wildman–Crippen MR) is 60.2 cm³/mol. The Kier molecular flexibility index (Phi) is 5.58. The largest absolute Gasteiger partial charge is 0.303 e. The second-order valence-electron chi connectivity index (χ2n) is 4.35. The molecule has 1 aliphatic carbocycles. The summed E-state index contributed by atoms with van der Waals surface area (Å²) in [7, 11) is 0. The van der Waals surface area contributed by atoms with Gasteiger partial charge in [0.1, 0.15) is 6.29 Å². The molecule has 0 aliphatic heterocycles. The molecule has 1 aliphatic rings. The number of hydrogen-bond donors (Lipinski definition) is 0. The number of hydrogen-bond acceptors (Lipinski definition) is 1. The van der Waals surface area contributed by atoms with Gasteiger partial charge < -0.3 is 4.79 Å². The molecule has 0 aromatic rings. The van der Waals surface area contributed by atoms with Crippen molar-refractivity contribution >= 4 is 6.29 Å². The molecular weight excluding hydrogens is 172 g/mol. The Morgan fingerprint density at radius 2 is 2.00 bits per heavy atom. The predicted octanol–water partition coefficient (Wildman–Crippen LogP) is 3.74. The van der Waals surface area contributed by atoms with Crippen LogP contribution in [0.5, 0.6) is 0 Å². The highest BCUT2D eigenvalue weighted by Crippen LogP contribution is 2.25. The van der Waals surface area contributed by atoms with E-state index in [9.17, 15) is 4.79 Å². The molecular formula is C13H22O. The Bertz CT molecular complexity index is 178. The smallest absolute Gasteiger partial charge is 0.120 e. The second kappa shape index (κ2) is 6.80. The lowest BCUT2D eigenvalue weighted by molar-refractivity contribution is -0.108. The van der Waals surface area contributed by atoms with Gasteiger partial charge in [-0.25, -0.2) is 0 Å². The van der Waals surface area contributed by atoms with E-state index in [2.05, 4.69) is 19.1 Å². The molecule has 0 N–H and O–H groups in total. The minimum atomic E-state index is 0.481. The third-order valence-corrected chi connectivity index (χ3v) is 3.23. The van der Waals surface area contributed by atoms with Crippen LogP contribution < -0.4 is 0 Å². The van der Waals surface area contributed by atoms with E-state index in [0.29, 0.717) is 12.3 Å². The molecule has 0 amide bonds. The molecule has 0 bridgehead atoms. The third-order valence-electron chi connectivity index (χ3n) is 3.23. The van der Waals surface area contributed by atoms with Crippen LogP contribution in [0, 0.1) is 11.8 Å². The number of rotatable bonds is 5. The highest BCUT2D eigenvalue weighted by atomic mass is 16.1. The number of allylic oxidation sites excluding steroid dienone is 2. The van der Waals surface area contributed by atoms with Gasteiger partial charge in [0.2, 0.25) is 0 Å². The summed E-state index contributed by atoms with van der Waals surface area (Å²) in [6, 6.07) is 0. The summed E-state index contributed by atoms with van der Waals surface area (Å²) in [5, 5.41) is 0. The molecule has 1 heteroatoms. The van der Waals surface area contributed by atoms with Crippen molar-refractivity contribution in [2.24, 2.45) is 11.8 Å². The van der Waals surface area contributed by atoms with Crippen LogP contribution in [0.3, 0.4) is 0 Å². The van der Waals surface area contributed by atoms with Crippen molar-refractivity contribution < 1.29 is 4.79 Å². The van der Waals surface area contributed by atoms with Gasteiger partial charge in [-0.1, -0.05) is 38.3 Å². The van der Waals surface area contributed by atoms with Crippen molar-refractivity contribution in [1.29, 1.82) is 0 Å². The molecule has 0 aromatic carbocycles. The Morgan fingerprint density at radius 3 is 2.57 bits per heavy atom. The molecule has 0 aromatic heterocycles. The van der Waals surface area contributed by atoms with E-state index in [-0.39, 0.29) is 0 Å². The maximum Gasteiger partial charge on any atom is 0.120 e. The van der Waals surface area contributed by atoms with E-state index in [1.807, 2.05) is 0 Å². The maximum absolute atomic E-state index is 10.4. The van der Waals surface area contributed by atoms with Crippen molar-refractivity contribution in [3.63, 3.8) is 0 Å². The van der Waals surface area contributed by atoms with E-state index in [1.54, 1.807) is 0 Å². The van der Waals surface area contributed by atoms with Crippen LogP contribution >= 0.6 is 0 Å². The molecule has 0 radical (unpaired) electrons. The summed E-state index contributed by atoms with van der Waals surface area (Å²) in [5.74, 6) is 1.28. The Morgan fingerprint density at radius 1 is 1.29 bits per heavy atom. The van der Waals surface area contributed by atoms with E-state index in [4.69, 9.17) is 0 Å². The van der Waals surface area contributed by atoms with Crippen molar-refractivity contribution in [1.82, 2.24) is 0 Å². The third kappa shape index (κ3) is 4.08. The van der Waals surface area contributed by atoms with Crippen molar-refractivity contribution in [2.45, 2.75) is 51.9 Å². The van der Waals surface area contributed by atoms with Crippen molar-refractivity contribution in [3.8, 4) is 0 Å². The molecule has 1 nitrogen and oxygen atoms in total. The summed E-state index contributed by atoms with van der Waals surface area (Å²) in [5.41, 5.74) is 0. The van der Waals surface area contributed by atoms with Gasteiger partial charge in [-0.05, 0) is 31.1 Å². The van der Waals surface area contributed by atoms with E-state index >= 15 is 0 Å². The van der Waals surface area contributed by atoms with Gasteiger partial charge in [-0.3, -0.25) is 0 Å². The Balaban J connectivity index is 2.31. The molecule has 1 atom stereocenters. The van der Waals surface area contributed by atoms with Gasteiger partial charge in [0.05, 0.1) is 0 Å². The van der Waals surface area contributed by atoms with Crippen LogP contribution in [0.2, 0.25) is 0 Å². The number of carbonyl (C=O) groups excluding carboxylic acids is 1. The topological polar surface area (TPSA) is 17.1 Å². The van der Waals surface area contributed by atoms with E-state index in [0.717, 1.165) is 18.6 Å². The first-order valence-electron chi connectivity index (χ1n) is 5.98. The number of aldehydes is 1. The molecule has 1 rings (SSSR count). The van der Waals surface area contributed by atoms with Crippen molar-refractivity contribution in [2.75, 3.05) is 0 Å². The van der Waals surface area contributed by atoms with Gasteiger partial charge >= 0.3 is 0 Å². The lowest BCUT2D eigenvalue weighted by Crippen LogP contribution is -2.04. The summed E-state index contributed by atoms with van der Waals surface area (Å²) >= 11 is 0. The van der Waals surface area contributed by atoms with Crippen LogP contribution in [0.15, 0.2) is 12.2 Å². The van der Waals surface area contributed by atoms with Gasteiger partial charge in [-0.2, -0.15) is 0 Å². The average Bonchev–Trinajstić information content (AvgIpc) is 2.25. The molecule has 1 unspecified atom stereocenters. The fourth-order valence-corrected chi connectivity index (χ4v) is 2.15. The second-order valence-corrected chi connectivity index (χ2v) is 4.35. The number of carbonyl (C=O) groups is 1. The average molecular weight is 194 g/mol. The molecule has 0 heterocycles. The minimum absolute atomic E-state index is 0.481. The molecule has 1 saturated carbocycles. The minimum Gasteiger partial charge on any atom is -0.303 e. The van der Waals surface area contributed by atoms with Gasteiger partial charge in [-0.15, -0.1) is 0 Å². The zero-order chi connectivity index (χ0) is 10.2. The van der Waals surface area contributed by atoms with Crippen LogP contribution in [-0.4, -0.2) is 6.29 Å². The standard InChI is InChI=1S/C13H22O/c1-2-12(10-11-14)8-9-13-6-4-3-5-7-13/h8-9,11-13H,2-7,10H2,1H3/b9-8+. The fourth-order valence-electron chi connectivity index (χ4n) is 2.15. The summed E-state index contributed by atoms with van der Waals surface area (Å²) in [6.45, 7) is 2.15.